The molecule has 1 aliphatic carbocycles. The number of imide groups is 1. The molecule has 1 aromatic carbocycles. The van der Waals surface area contributed by atoms with Crippen LogP contribution >= 0.6 is 11.8 Å². The van der Waals surface area contributed by atoms with Gasteiger partial charge in [-0.05, 0) is 61.6 Å². The molecule has 6 rings (SSSR count). The Bertz CT molecular complexity index is 1240. The second-order valence-corrected chi connectivity index (χ2v) is 11.4. The number of amides is 4. The summed E-state index contributed by atoms with van der Waals surface area (Å²) in [6, 6.07) is 4.79. The maximum atomic E-state index is 12.9. The molecule has 3 aliphatic heterocycles. The first-order chi connectivity index (χ1) is 16.9. The minimum absolute atomic E-state index is 0.165. The van der Waals surface area contributed by atoms with E-state index in [9.17, 15) is 19.2 Å². The molecule has 182 valence electrons. The third kappa shape index (κ3) is 4.01. The number of aromatic nitrogens is 3. The monoisotopic (exact) mass is 494 g/mol. The molecule has 2 unspecified atom stereocenters. The van der Waals surface area contributed by atoms with E-state index in [2.05, 4.69) is 32.7 Å². The Kier molecular flexibility index (Phi) is 5.39. The molecule has 11 heteroatoms. The van der Waals surface area contributed by atoms with Gasteiger partial charge in [0.05, 0.1) is 11.9 Å². The number of carbonyl (C=O) groups excluding carboxylic acids is 4. The smallest absolute Gasteiger partial charge is 0.273 e. The molecule has 35 heavy (non-hydrogen) atoms. The van der Waals surface area contributed by atoms with Gasteiger partial charge in [0.15, 0.2) is 5.69 Å². The van der Waals surface area contributed by atoms with Crippen LogP contribution in [0, 0.1) is 0 Å². The number of nitrogens with one attached hydrogen (secondary N) is 2. The number of rotatable bonds is 4. The fraction of sp³-hybridized carbons (Fsp3) is 0.500. The number of piperidine rings is 1. The van der Waals surface area contributed by atoms with Crippen molar-refractivity contribution in [3.05, 3.63) is 41.2 Å². The zero-order chi connectivity index (χ0) is 24.2. The van der Waals surface area contributed by atoms with E-state index in [4.69, 9.17) is 0 Å². The van der Waals surface area contributed by atoms with Crippen LogP contribution in [0.4, 0.5) is 0 Å². The highest BCUT2D eigenvalue weighted by atomic mass is 32.2. The first kappa shape index (κ1) is 22.3. The molecular weight excluding hydrogens is 468 g/mol. The quantitative estimate of drug-likeness (QED) is 0.618. The first-order valence-corrected chi connectivity index (χ1v) is 13.0. The van der Waals surface area contributed by atoms with Gasteiger partial charge in [-0.15, -0.1) is 5.10 Å². The molecule has 1 spiro atoms. The molecule has 3 fully saturated rings. The van der Waals surface area contributed by atoms with Gasteiger partial charge >= 0.3 is 0 Å². The number of fused-ring (bicyclic) bond motifs is 1. The molecule has 2 atom stereocenters. The summed E-state index contributed by atoms with van der Waals surface area (Å²) < 4.78 is 1.88. The van der Waals surface area contributed by atoms with Crippen molar-refractivity contribution in [2.75, 3.05) is 5.75 Å². The van der Waals surface area contributed by atoms with E-state index < -0.39 is 11.9 Å². The first-order valence-electron chi connectivity index (χ1n) is 12.1. The van der Waals surface area contributed by atoms with Crippen LogP contribution in [0.3, 0.4) is 0 Å². The average molecular weight is 495 g/mol. The van der Waals surface area contributed by atoms with Crippen LogP contribution in [0.15, 0.2) is 24.4 Å². The molecule has 4 aliphatic rings. The molecule has 0 radical (unpaired) electrons. The number of thioether (sulfide) groups is 1. The number of hydrogen-bond donors (Lipinski definition) is 2. The van der Waals surface area contributed by atoms with E-state index in [1.165, 1.54) is 28.8 Å². The van der Waals surface area contributed by atoms with Gasteiger partial charge < -0.3 is 10.2 Å². The lowest BCUT2D eigenvalue weighted by Crippen LogP contribution is -2.52. The van der Waals surface area contributed by atoms with Crippen molar-refractivity contribution in [1.29, 1.82) is 0 Å². The van der Waals surface area contributed by atoms with Gasteiger partial charge in [0.2, 0.25) is 11.8 Å². The minimum Gasteiger partial charge on any atom is -0.348 e. The summed E-state index contributed by atoms with van der Waals surface area (Å²) in [6.45, 7) is 0.276. The lowest BCUT2D eigenvalue weighted by molar-refractivity contribution is -0.136. The lowest BCUT2D eigenvalue weighted by atomic mass is 9.79. The second kappa shape index (κ2) is 8.47. The summed E-state index contributed by atoms with van der Waals surface area (Å²) >= 11 is 2.05. The van der Waals surface area contributed by atoms with Crippen molar-refractivity contribution < 1.29 is 19.2 Å². The zero-order valence-electron chi connectivity index (χ0n) is 19.2. The van der Waals surface area contributed by atoms with Crippen LogP contribution in [-0.4, -0.2) is 66.1 Å². The number of benzene rings is 1. The molecule has 1 aromatic heterocycles. The molecule has 10 nitrogen and oxygen atoms in total. The van der Waals surface area contributed by atoms with Crippen LogP contribution in [0.5, 0.6) is 0 Å². The van der Waals surface area contributed by atoms with Gasteiger partial charge in [-0.1, -0.05) is 11.6 Å². The molecule has 4 amide bonds. The lowest BCUT2D eigenvalue weighted by Gasteiger charge is -2.47. The second-order valence-electron chi connectivity index (χ2n) is 9.84. The highest BCUT2D eigenvalue weighted by molar-refractivity contribution is 8.00. The van der Waals surface area contributed by atoms with E-state index in [-0.39, 0.29) is 42.4 Å². The summed E-state index contributed by atoms with van der Waals surface area (Å²) in [5.74, 6) is -0.123. The van der Waals surface area contributed by atoms with E-state index in [1.54, 1.807) is 18.3 Å². The average Bonchev–Trinajstić information content (AvgIpc) is 3.44. The fourth-order valence-electron chi connectivity index (χ4n) is 5.53. The number of nitrogens with zero attached hydrogens (tertiary/aromatic N) is 4. The molecule has 2 N–H and O–H groups in total. The summed E-state index contributed by atoms with van der Waals surface area (Å²) in [6.07, 6.45) is 7.87. The predicted octanol–water partition coefficient (Wildman–Crippen LogP) is 1.58. The van der Waals surface area contributed by atoms with Gasteiger partial charge in [0.1, 0.15) is 6.04 Å². The number of hydrogen-bond acceptors (Lipinski definition) is 7. The molecule has 4 heterocycles. The summed E-state index contributed by atoms with van der Waals surface area (Å²) in [5.41, 5.74) is 2.23. The SMILES string of the molecule is O=C1CCC(N2Cc3cc(-n4cc(C(=O)NC5CCSC6(CCC6)C5)nn4)ccc3C2=O)C(=O)N1. The van der Waals surface area contributed by atoms with Gasteiger partial charge in [-0.2, -0.15) is 11.8 Å². The maximum absolute atomic E-state index is 12.9. The van der Waals surface area contributed by atoms with Gasteiger partial charge in [-0.3, -0.25) is 24.5 Å². The summed E-state index contributed by atoms with van der Waals surface area (Å²) in [4.78, 5) is 51.0. The predicted molar refractivity (Wildman–Crippen MR) is 127 cm³/mol. The van der Waals surface area contributed by atoms with E-state index in [0.717, 1.165) is 24.2 Å². The Morgan fingerprint density at radius 2 is 2.06 bits per heavy atom. The van der Waals surface area contributed by atoms with E-state index >= 15 is 0 Å². The molecule has 2 aromatic rings. The Labute approximate surface area is 206 Å². The van der Waals surface area contributed by atoms with E-state index in [0.29, 0.717) is 22.4 Å². The van der Waals surface area contributed by atoms with Crippen molar-refractivity contribution in [3.63, 3.8) is 0 Å². The van der Waals surface area contributed by atoms with Crippen molar-refractivity contribution >= 4 is 35.4 Å². The molecule has 1 saturated carbocycles. The third-order valence-corrected chi connectivity index (χ3v) is 9.22. The summed E-state index contributed by atoms with van der Waals surface area (Å²) in [7, 11) is 0. The van der Waals surface area contributed by atoms with Gasteiger partial charge in [0.25, 0.3) is 11.8 Å². The van der Waals surface area contributed by atoms with Crippen LogP contribution in [0.1, 0.15) is 71.4 Å². The number of carbonyl (C=O) groups is 4. The molecular formula is C24H26N6O4S. The Hall–Kier alpha value is -3.21. The topological polar surface area (TPSA) is 126 Å². The largest absolute Gasteiger partial charge is 0.348 e. The van der Waals surface area contributed by atoms with Crippen molar-refractivity contribution in [3.8, 4) is 5.69 Å². The van der Waals surface area contributed by atoms with Crippen LogP contribution in [0.2, 0.25) is 0 Å². The summed E-state index contributed by atoms with van der Waals surface area (Å²) in [5, 5.41) is 13.7. The van der Waals surface area contributed by atoms with Crippen molar-refractivity contribution in [2.45, 2.75) is 68.3 Å². The zero-order valence-corrected chi connectivity index (χ0v) is 20.0. The Morgan fingerprint density at radius 1 is 1.20 bits per heavy atom. The Morgan fingerprint density at radius 3 is 2.83 bits per heavy atom. The van der Waals surface area contributed by atoms with Gasteiger partial charge in [-0.25, -0.2) is 4.68 Å². The van der Waals surface area contributed by atoms with Crippen molar-refractivity contribution in [1.82, 2.24) is 30.5 Å². The van der Waals surface area contributed by atoms with Gasteiger partial charge in [0, 0.05) is 29.3 Å². The fourth-order valence-corrected chi connectivity index (χ4v) is 7.26. The maximum Gasteiger partial charge on any atom is 0.273 e. The highest BCUT2D eigenvalue weighted by Crippen LogP contribution is 2.50. The van der Waals surface area contributed by atoms with E-state index in [1.807, 2.05) is 6.07 Å². The van der Waals surface area contributed by atoms with Crippen LogP contribution in [0.25, 0.3) is 5.69 Å². The molecule has 2 saturated heterocycles. The van der Waals surface area contributed by atoms with Crippen molar-refractivity contribution in [2.24, 2.45) is 0 Å². The molecule has 0 bridgehead atoms. The van der Waals surface area contributed by atoms with Crippen LogP contribution < -0.4 is 10.6 Å². The normalized spacial score (nSPS) is 25.3. The van der Waals surface area contributed by atoms with Crippen LogP contribution in [-0.2, 0) is 16.1 Å². The Balaban J connectivity index is 1.14. The standard InChI is InChI=1S/C24H26N6O4S/c31-20-5-4-19(22(33)26-20)29-12-14-10-16(2-3-17(14)23(29)34)30-13-18(27-28-30)21(32)25-15-6-9-35-24(11-15)7-1-8-24/h2-3,10,13,15,19H,1,4-9,11-12H2,(H,25,32)(H,26,31,33). The minimum atomic E-state index is -0.657. The highest BCUT2D eigenvalue weighted by Gasteiger charge is 2.42. The third-order valence-electron chi connectivity index (χ3n) is 7.59.